The highest BCUT2D eigenvalue weighted by atomic mass is 16.5. The zero-order valence-electron chi connectivity index (χ0n) is 7.13. The molecule has 1 rings (SSSR count). The number of aryl methyl sites for hydroxylation is 1. The van der Waals surface area contributed by atoms with Crippen molar-refractivity contribution in [2.24, 2.45) is 0 Å². The van der Waals surface area contributed by atoms with E-state index in [9.17, 15) is 0 Å². The molecular weight excluding hydrogens is 142 g/mol. The van der Waals surface area contributed by atoms with E-state index in [1.54, 1.807) is 6.26 Å². The molecule has 1 aromatic heterocycles. The third kappa shape index (κ3) is 2.72. The predicted molar refractivity (Wildman–Crippen MR) is 41.2 cm³/mol. The van der Waals surface area contributed by atoms with Crippen molar-refractivity contribution in [3.63, 3.8) is 0 Å². The molecule has 0 spiro atoms. The van der Waals surface area contributed by atoms with Crippen LogP contribution in [-0.4, -0.2) is 11.1 Å². The molecule has 0 aliphatic rings. The summed E-state index contributed by atoms with van der Waals surface area (Å²) >= 11 is 0. The van der Waals surface area contributed by atoms with Gasteiger partial charge in [-0.3, -0.25) is 0 Å². The first kappa shape index (κ1) is 8.27. The Hall–Kier alpha value is -0.830. The van der Waals surface area contributed by atoms with Crippen molar-refractivity contribution in [1.82, 2.24) is 4.98 Å². The van der Waals surface area contributed by atoms with Crippen molar-refractivity contribution >= 4 is 0 Å². The monoisotopic (exact) mass is 155 g/mol. The molecule has 11 heavy (non-hydrogen) atoms. The van der Waals surface area contributed by atoms with Crippen molar-refractivity contribution < 1.29 is 9.15 Å². The minimum Gasteiger partial charge on any atom is -0.449 e. The van der Waals surface area contributed by atoms with Gasteiger partial charge in [-0.15, -0.1) is 0 Å². The molecule has 0 N–H and O–H groups in total. The lowest BCUT2D eigenvalue weighted by Gasteiger charge is -2.03. The second-order valence-electron chi connectivity index (χ2n) is 2.72. The van der Waals surface area contributed by atoms with Crippen molar-refractivity contribution in [3.05, 3.63) is 17.8 Å². The van der Waals surface area contributed by atoms with Crippen LogP contribution in [0.15, 0.2) is 10.7 Å². The molecule has 0 unspecified atom stereocenters. The Kier molecular flexibility index (Phi) is 2.65. The molecule has 3 heteroatoms. The summed E-state index contributed by atoms with van der Waals surface area (Å²) < 4.78 is 10.3. The van der Waals surface area contributed by atoms with Gasteiger partial charge in [0.15, 0.2) is 5.89 Å². The maximum absolute atomic E-state index is 5.32. The molecule has 0 aromatic carbocycles. The Morgan fingerprint density at radius 1 is 1.64 bits per heavy atom. The highest BCUT2D eigenvalue weighted by molar-refractivity contribution is 4.92. The van der Waals surface area contributed by atoms with E-state index in [-0.39, 0.29) is 6.10 Å². The molecular formula is C8H13NO2. The summed E-state index contributed by atoms with van der Waals surface area (Å²) in [7, 11) is 0. The fourth-order valence-electron chi connectivity index (χ4n) is 0.727. The summed E-state index contributed by atoms with van der Waals surface area (Å²) in [6.07, 6.45) is 1.87. The number of aromatic nitrogens is 1. The lowest BCUT2D eigenvalue weighted by molar-refractivity contribution is 0.0635. The summed E-state index contributed by atoms with van der Waals surface area (Å²) in [5, 5.41) is 0. The second-order valence-corrected chi connectivity index (χ2v) is 2.72. The highest BCUT2D eigenvalue weighted by Crippen LogP contribution is 2.03. The van der Waals surface area contributed by atoms with E-state index in [1.165, 1.54) is 0 Å². The van der Waals surface area contributed by atoms with Crippen molar-refractivity contribution in [2.45, 2.75) is 33.5 Å². The van der Waals surface area contributed by atoms with Gasteiger partial charge in [-0.25, -0.2) is 4.98 Å². The number of ether oxygens (including phenoxy) is 1. The van der Waals surface area contributed by atoms with E-state index < -0.39 is 0 Å². The molecule has 0 fully saturated rings. The van der Waals surface area contributed by atoms with Crippen LogP contribution in [0.5, 0.6) is 0 Å². The van der Waals surface area contributed by atoms with Crippen LogP contribution in [0.3, 0.4) is 0 Å². The summed E-state index contributed by atoms with van der Waals surface area (Å²) in [6.45, 7) is 6.34. The SMILES string of the molecule is Cc1nc(COC(C)C)co1. The molecule has 0 saturated heterocycles. The smallest absolute Gasteiger partial charge is 0.191 e. The number of rotatable bonds is 3. The van der Waals surface area contributed by atoms with Crippen molar-refractivity contribution in [3.8, 4) is 0 Å². The van der Waals surface area contributed by atoms with Crippen LogP contribution in [0.25, 0.3) is 0 Å². The summed E-state index contributed by atoms with van der Waals surface area (Å²) in [5.74, 6) is 0.687. The summed E-state index contributed by atoms with van der Waals surface area (Å²) in [5.41, 5.74) is 0.858. The van der Waals surface area contributed by atoms with Gasteiger partial charge in [-0.1, -0.05) is 0 Å². The number of oxazole rings is 1. The fourth-order valence-corrected chi connectivity index (χ4v) is 0.727. The molecule has 3 nitrogen and oxygen atoms in total. The molecule has 1 aromatic rings. The maximum Gasteiger partial charge on any atom is 0.191 e. The minimum absolute atomic E-state index is 0.243. The molecule has 0 radical (unpaired) electrons. The average molecular weight is 155 g/mol. The van der Waals surface area contributed by atoms with E-state index in [4.69, 9.17) is 9.15 Å². The van der Waals surface area contributed by atoms with Crippen molar-refractivity contribution in [1.29, 1.82) is 0 Å². The lowest BCUT2D eigenvalue weighted by Crippen LogP contribution is -2.02. The Labute approximate surface area is 66.4 Å². The first-order chi connectivity index (χ1) is 5.18. The van der Waals surface area contributed by atoms with E-state index in [1.807, 2.05) is 20.8 Å². The molecule has 0 atom stereocenters. The van der Waals surface area contributed by atoms with E-state index in [0.717, 1.165) is 5.69 Å². The maximum atomic E-state index is 5.32. The van der Waals surface area contributed by atoms with Gasteiger partial charge in [0.2, 0.25) is 0 Å². The first-order valence-corrected chi connectivity index (χ1v) is 3.71. The summed E-state index contributed by atoms with van der Waals surface area (Å²) in [4.78, 5) is 4.09. The summed E-state index contributed by atoms with van der Waals surface area (Å²) in [6, 6.07) is 0. The van der Waals surface area contributed by atoms with Crippen LogP contribution in [-0.2, 0) is 11.3 Å². The normalized spacial score (nSPS) is 10.9. The second kappa shape index (κ2) is 3.53. The highest BCUT2D eigenvalue weighted by Gasteiger charge is 2.00. The number of hydrogen-bond acceptors (Lipinski definition) is 3. The van der Waals surface area contributed by atoms with Gasteiger partial charge >= 0.3 is 0 Å². The van der Waals surface area contributed by atoms with E-state index in [0.29, 0.717) is 12.5 Å². The van der Waals surface area contributed by atoms with Gasteiger partial charge in [0.05, 0.1) is 12.7 Å². The standard InChI is InChI=1S/C8H13NO2/c1-6(2)10-4-8-5-11-7(3)9-8/h5-6H,4H2,1-3H3. The zero-order chi connectivity index (χ0) is 8.27. The van der Waals surface area contributed by atoms with Gasteiger partial charge in [0, 0.05) is 6.92 Å². The lowest BCUT2D eigenvalue weighted by atomic mass is 10.4. The van der Waals surface area contributed by atoms with E-state index in [2.05, 4.69) is 4.98 Å². The fraction of sp³-hybridized carbons (Fsp3) is 0.625. The molecule has 0 bridgehead atoms. The van der Waals surface area contributed by atoms with Crippen LogP contribution in [0.2, 0.25) is 0 Å². The largest absolute Gasteiger partial charge is 0.449 e. The van der Waals surface area contributed by atoms with Crippen LogP contribution in [0.1, 0.15) is 25.4 Å². The molecule has 0 saturated carbocycles. The zero-order valence-corrected chi connectivity index (χ0v) is 7.13. The third-order valence-electron chi connectivity index (χ3n) is 1.23. The van der Waals surface area contributed by atoms with Crippen molar-refractivity contribution in [2.75, 3.05) is 0 Å². The number of hydrogen-bond donors (Lipinski definition) is 0. The van der Waals surface area contributed by atoms with Crippen LogP contribution < -0.4 is 0 Å². The third-order valence-corrected chi connectivity index (χ3v) is 1.23. The molecule has 0 aliphatic heterocycles. The Bertz CT molecular complexity index is 218. The molecule has 62 valence electrons. The quantitative estimate of drug-likeness (QED) is 0.668. The Morgan fingerprint density at radius 3 is 2.82 bits per heavy atom. The van der Waals surface area contributed by atoms with Gasteiger partial charge in [0.25, 0.3) is 0 Å². The van der Waals surface area contributed by atoms with Gasteiger partial charge in [0.1, 0.15) is 12.0 Å². The first-order valence-electron chi connectivity index (χ1n) is 3.71. The Morgan fingerprint density at radius 2 is 2.36 bits per heavy atom. The Balaban J connectivity index is 2.39. The van der Waals surface area contributed by atoms with Gasteiger partial charge < -0.3 is 9.15 Å². The molecule has 0 aliphatic carbocycles. The molecule has 0 amide bonds. The topological polar surface area (TPSA) is 35.3 Å². The van der Waals surface area contributed by atoms with Crippen LogP contribution in [0.4, 0.5) is 0 Å². The number of nitrogens with zero attached hydrogens (tertiary/aromatic N) is 1. The van der Waals surface area contributed by atoms with Crippen LogP contribution in [0, 0.1) is 6.92 Å². The van der Waals surface area contributed by atoms with Gasteiger partial charge in [-0.05, 0) is 13.8 Å². The predicted octanol–water partition coefficient (Wildman–Crippen LogP) is 1.91. The van der Waals surface area contributed by atoms with Gasteiger partial charge in [-0.2, -0.15) is 0 Å². The average Bonchev–Trinajstić information content (AvgIpc) is 2.31. The minimum atomic E-state index is 0.243. The van der Waals surface area contributed by atoms with E-state index >= 15 is 0 Å². The van der Waals surface area contributed by atoms with Crippen LogP contribution >= 0.6 is 0 Å². The molecule has 1 heterocycles.